The molecule has 2 aliphatic rings. The molecule has 1 aliphatic carbocycles. The van der Waals surface area contributed by atoms with Crippen LogP contribution in [0.15, 0.2) is 42.5 Å². The van der Waals surface area contributed by atoms with Crippen LogP contribution in [0.4, 0.5) is 0 Å². The molecule has 144 valence electrons. The van der Waals surface area contributed by atoms with Crippen LogP contribution in [0, 0.1) is 5.92 Å². The van der Waals surface area contributed by atoms with Gasteiger partial charge in [-0.15, -0.1) is 0 Å². The number of hydrogen-bond donors (Lipinski definition) is 2. The molecule has 1 aromatic heterocycles. The lowest BCUT2D eigenvalue weighted by Crippen LogP contribution is -2.27. The molecule has 1 amide bonds. The molecular formula is C22H23N3O3. The molecule has 0 spiro atoms. The number of carbonyl (C=O) groups is 1. The molecule has 2 aromatic carbocycles. The highest BCUT2D eigenvalue weighted by Gasteiger charge is 2.41. The molecule has 5 rings (SSSR count). The first kappa shape index (κ1) is 17.1. The molecule has 6 nitrogen and oxygen atoms in total. The summed E-state index contributed by atoms with van der Waals surface area (Å²) in [4.78, 5) is 20.6. The number of aromatic amines is 1. The van der Waals surface area contributed by atoms with E-state index in [1.807, 2.05) is 49.4 Å². The summed E-state index contributed by atoms with van der Waals surface area (Å²) in [6, 6.07) is 13.8. The highest BCUT2D eigenvalue weighted by Crippen LogP contribution is 2.48. The largest absolute Gasteiger partial charge is 0.486 e. The van der Waals surface area contributed by atoms with Crippen LogP contribution >= 0.6 is 0 Å². The van der Waals surface area contributed by atoms with Gasteiger partial charge in [-0.1, -0.05) is 18.2 Å². The summed E-state index contributed by atoms with van der Waals surface area (Å²) in [5.41, 5.74) is 3.06. The number of amides is 1. The van der Waals surface area contributed by atoms with Crippen LogP contribution in [-0.4, -0.2) is 29.1 Å². The molecule has 0 saturated heterocycles. The van der Waals surface area contributed by atoms with E-state index >= 15 is 0 Å². The van der Waals surface area contributed by atoms with E-state index in [2.05, 4.69) is 15.3 Å². The van der Waals surface area contributed by atoms with E-state index in [0.717, 1.165) is 40.3 Å². The third kappa shape index (κ3) is 3.30. The Labute approximate surface area is 163 Å². The van der Waals surface area contributed by atoms with Gasteiger partial charge in [0.1, 0.15) is 19.0 Å². The van der Waals surface area contributed by atoms with E-state index in [-0.39, 0.29) is 11.9 Å². The van der Waals surface area contributed by atoms with Gasteiger partial charge in [0, 0.05) is 12.3 Å². The number of carbonyl (C=O) groups excluding carboxylic acids is 1. The number of H-pyrrole nitrogens is 1. The minimum absolute atomic E-state index is 0.0750. The zero-order valence-corrected chi connectivity index (χ0v) is 15.8. The Morgan fingerprint density at radius 1 is 1.21 bits per heavy atom. The number of nitrogens with one attached hydrogen (secondary N) is 2. The Morgan fingerprint density at radius 2 is 2.04 bits per heavy atom. The van der Waals surface area contributed by atoms with Crippen LogP contribution in [0.25, 0.3) is 11.0 Å². The fourth-order valence-electron chi connectivity index (χ4n) is 3.91. The van der Waals surface area contributed by atoms with Gasteiger partial charge < -0.3 is 19.8 Å². The van der Waals surface area contributed by atoms with Crippen molar-refractivity contribution in [3.63, 3.8) is 0 Å². The summed E-state index contributed by atoms with van der Waals surface area (Å²) in [5, 5.41) is 3.11. The molecule has 3 atom stereocenters. The predicted molar refractivity (Wildman–Crippen MR) is 106 cm³/mol. The molecule has 0 unspecified atom stereocenters. The van der Waals surface area contributed by atoms with E-state index in [1.165, 1.54) is 0 Å². The first-order valence-corrected chi connectivity index (χ1v) is 9.81. The Morgan fingerprint density at radius 3 is 2.89 bits per heavy atom. The molecule has 1 saturated carbocycles. The lowest BCUT2D eigenvalue weighted by molar-refractivity contribution is -0.122. The maximum absolute atomic E-state index is 12.5. The van der Waals surface area contributed by atoms with Crippen LogP contribution < -0.4 is 14.8 Å². The molecule has 2 heterocycles. The first-order chi connectivity index (χ1) is 13.7. The fraction of sp³-hybridized carbons (Fsp3) is 0.364. The van der Waals surface area contributed by atoms with Gasteiger partial charge >= 0.3 is 0 Å². The number of nitrogens with zero attached hydrogens (tertiary/aromatic N) is 1. The minimum Gasteiger partial charge on any atom is -0.486 e. The van der Waals surface area contributed by atoms with Gasteiger partial charge in [-0.25, -0.2) is 4.98 Å². The lowest BCUT2D eigenvalue weighted by Gasteiger charge is -2.21. The van der Waals surface area contributed by atoms with Crippen LogP contribution in [0.1, 0.15) is 43.1 Å². The maximum atomic E-state index is 12.5. The van der Waals surface area contributed by atoms with E-state index in [4.69, 9.17) is 9.47 Å². The van der Waals surface area contributed by atoms with E-state index in [0.29, 0.717) is 31.5 Å². The van der Waals surface area contributed by atoms with Crippen LogP contribution in [0.5, 0.6) is 11.5 Å². The first-order valence-electron chi connectivity index (χ1n) is 9.81. The number of aromatic nitrogens is 2. The van der Waals surface area contributed by atoms with Crippen molar-refractivity contribution in [2.75, 3.05) is 13.2 Å². The van der Waals surface area contributed by atoms with E-state index < -0.39 is 0 Å². The Kier molecular flexibility index (Phi) is 4.19. The van der Waals surface area contributed by atoms with E-state index in [1.54, 1.807) is 0 Å². The Bertz CT molecular complexity index is 996. The number of fused-ring (bicyclic) bond motifs is 2. The minimum atomic E-state index is -0.0771. The number of hydrogen-bond acceptors (Lipinski definition) is 4. The summed E-state index contributed by atoms with van der Waals surface area (Å²) in [6.45, 7) is 3.13. The molecule has 0 radical (unpaired) electrons. The number of imidazole rings is 1. The van der Waals surface area contributed by atoms with Gasteiger partial charge in [-0.05, 0) is 49.1 Å². The number of ether oxygens (including phenoxy) is 2. The molecule has 28 heavy (non-hydrogen) atoms. The van der Waals surface area contributed by atoms with Crippen LogP contribution in [0.3, 0.4) is 0 Å². The van der Waals surface area contributed by atoms with Gasteiger partial charge in [-0.3, -0.25) is 4.79 Å². The maximum Gasteiger partial charge on any atom is 0.220 e. The highest BCUT2D eigenvalue weighted by atomic mass is 16.6. The topological polar surface area (TPSA) is 76.2 Å². The molecular weight excluding hydrogens is 354 g/mol. The highest BCUT2D eigenvalue weighted by molar-refractivity contribution is 5.78. The fourth-order valence-corrected chi connectivity index (χ4v) is 3.91. The zero-order valence-electron chi connectivity index (χ0n) is 15.8. The monoisotopic (exact) mass is 377 g/mol. The smallest absolute Gasteiger partial charge is 0.220 e. The van der Waals surface area contributed by atoms with Crippen LogP contribution in [0.2, 0.25) is 0 Å². The third-order valence-electron chi connectivity index (χ3n) is 5.57. The number of benzene rings is 2. The molecule has 0 bridgehead atoms. The molecule has 3 aromatic rings. The Balaban J connectivity index is 1.19. The molecule has 1 fully saturated rings. The lowest BCUT2D eigenvalue weighted by atomic mass is 10.1. The van der Waals surface area contributed by atoms with Crippen molar-refractivity contribution < 1.29 is 14.3 Å². The van der Waals surface area contributed by atoms with Crippen molar-refractivity contribution in [3.8, 4) is 11.5 Å². The second kappa shape index (κ2) is 6.86. The van der Waals surface area contributed by atoms with Crippen molar-refractivity contribution in [2.24, 2.45) is 5.92 Å². The summed E-state index contributed by atoms with van der Waals surface area (Å²) in [6.07, 6.45) is 1.53. The molecule has 6 heteroatoms. The summed E-state index contributed by atoms with van der Waals surface area (Å²) < 4.78 is 11.2. The number of rotatable bonds is 5. The third-order valence-corrected chi connectivity index (χ3v) is 5.57. The molecule has 1 aliphatic heterocycles. The summed E-state index contributed by atoms with van der Waals surface area (Å²) >= 11 is 0. The Hall–Kier alpha value is -3.02. The van der Waals surface area contributed by atoms with Gasteiger partial charge in [0.05, 0.1) is 17.1 Å². The average molecular weight is 377 g/mol. The van der Waals surface area contributed by atoms with Gasteiger partial charge in [-0.2, -0.15) is 0 Å². The van der Waals surface area contributed by atoms with Crippen molar-refractivity contribution in [3.05, 3.63) is 53.9 Å². The second-order valence-corrected chi connectivity index (χ2v) is 7.64. The second-order valence-electron chi connectivity index (χ2n) is 7.64. The summed E-state index contributed by atoms with van der Waals surface area (Å²) in [7, 11) is 0. The SMILES string of the molecule is C[C@@H](NC(=O)C[C@@H]1C[C@@H]1c1nc2ccccc2[nH]1)c1ccc2c(c1)OCCO2. The number of para-hydroxylation sites is 2. The van der Waals surface area contributed by atoms with Gasteiger partial charge in [0.25, 0.3) is 0 Å². The van der Waals surface area contributed by atoms with Crippen molar-refractivity contribution >= 4 is 16.9 Å². The quantitative estimate of drug-likeness (QED) is 0.711. The molecule has 2 N–H and O–H groups in total. The van der Waals surface area contributed by atoms with Gasteiger partial charge in [0.2, 0.25) is 5.91 Å². The van der Waals surface area contributed by atoms with Crippen LogP contribution in [-0.2, 0) is 4.79 Å². The van der Waals surface area contributed by atoms with Gasteiger partial charge in [0.15, 0.2) is 11.5 Å². The standard InChI is InChI=1S/C22H23N3O3/c1-13(14-6-7-19-20(11-14)28-9-8-27-19)23-21(26)12-15-10-16(15)22-24-17-4-2-3-5-18(17)25-22/h2-7,11,13,15-16H,8-10,12H2,1H3,(H,23,26)(H,24,25)/t13-,15+,16+/m1/s1. The normalized spacial score (nSPS) is 21.3. The summed E-state index contributed by atoms with van der Waals surface area (Å²) in [5.74, 6) is 3.29. The predicted octanol–water partition coefficient (Wildman–Crippen LogP) is 3.71. The van der Waals surface area contributed by atoms with Crippen molar-refractivity contribution in [2.45, 2.75) is 31.7 Å². The zero-order chi connectivity index (χ0) is 19.1. The van der Waals surface area contributed by atoms with E-state index in [9.17, 15) is 4.79 Å². The van der Waals surface area contributed by atoms with Crippen molar-refractivity contribution in [1.82, 2.24) is 15.3 Å². The average Bonchev–Trinajstić information content (AvgIpc) is 3.33. The van der Waals surface area contributed by atoms with Crippen molar-refractivity contribution in [1.29, 1.82) is 0 Å².